The van der Waals surface area contributed by atoms with Crippen LogP contribution < -0.4 is 5.32 Å². The normalized spacial score (nSPS) is 21.9. The third-order valence-corrected chi connectivity index (χ3v) is 4.14. The minimum atomic E-state index is -0.117. The van der Waals surface area contributed by atoms with E-state index in [1.54, 1.807) is 11.3 Å². The Balaban J connectivity index is 2.23. The Bertz CT molecular complexity index is 307. The molecule has 1 N–H and O–H groups in total. The zero-order valence-corrected chi connectivity index (χ0v) is 10.7. The molecule has 1 aliphatic rings. The maximum absolute atomic E-state index is 5.82. The van der Waals surface area contributed by atoms with Gasteiger partial charge < -0.3 is 14.8 Å². The molecule has 0 bridgehead atoms. The second kappa shape index (κ2) is 5.27. The van der Waals surface area contributed by atoms with E-state index in [2.05, 4.69) is 22.1 Å². The molecule has 0 radical (unpaired) electrons. The molecule has 90 valence electrons. The molecule has 0 spiro atoms. The van der Waals surface area contributed by atoms with Crippen LogP contribution in [-0.4, -0.2) is 33.0 Å². The van der Waals surface area contributed by atoms with Gasteiger partial charge in [0.05, 0.1) is 11.6 Å². The molecule has 1 unspecified atom stereocenters. The van der Waals surface area contributed by atoms with Crippen LogP contribution in [0.25, 0.3) is 0 Å². The van der Waals surface area contributed by atoms with Crippen LogP contribution in [0.4, 0.5) is 0 Å². The topological polar surface area (TPSA) is 30.5 Å². The Labute approximate surface area is 101 Å². The average molecular weight is 241 g/mol. The van der Waals surface area contributed by atoms with Gasteiger partial charge in [-0.2, -0.15) is 11.3 Å². The summed E-state index contributed by atoms with van der Waals surface area (Å²) in [5.74, 6) is 0. The summed E-state index contributed by atoms with van der Waals surface area (Å²) in [5.41, 5.74) is 1.20. The van der Waals surface area contributed by atoms with Gasteiger partial charge >= 0.3 is 0 Å². The lowest BCUT2D eigenvalue weighted by atomic mass is 9.83. The number of rotatable bonds is 4. The summed E-state index contributed by atoms with van der Waals surface area (Å²) in [6, 6.07) is 2.43. The standard InChI is InChI=1S/C12H19NO2S/c1-13-11(10-3-8-16-9-10)12(14-2)4-6-15-7-5-12/h3,8-9,11,13H,4-7H2,1-2H3. The predicted octanol–water partition coefficient (Wildman–Crippen LogP) is 2.20. The number of hydrogen-bond donors (Lipinski definition) is 1. The first-order valence-electron chi connectivity index (χ1n) is 5.64. The summed E-state index contributed by atoms with van der Waals surface area (Å²) < 4.78 is 11.3. The lowest BCUT2D eigenvalue weighted by Crippen LogP contribution is -2.48. The van der Waals surface area contributed by atoms with E-state index in [4.69, 9.17) is 9.47 Å². The van der Waals surface area contributed by atoms with Crippen molar-refractivity contribution in [2.45, 2.75) is 24.5 Å². The summed E-state index contributed by atoms with van der Waals surface area (Å²) in [6.07, 6.45) is 1.90. The van der Waals surface area contributed by atoms with E-state index in [0.717, 1.165) is 26.1 Å². The van der Waals surface area contributed by atoms with Crippen molar-refractivity contribution >= 4 is 11.3 Å². The van der Waals surface area contributed by atoms with Crippen LogP contribution in [0, 0.1) is 0 Å². The first-order chi connectivity index (χ1) is 7.82. The first kappa shape index (κ1) is 12.0. The highest BCUT2D eigenvalue weighted by molar-refractivity contribution is 7.07. The van der Waals surface area contributed by atoms with Gasteiger partial charge in [0.25, 0.3) is 0 Å². The Morgan fingerprint density at radius 1 is 1.50 bits per heavy atom. The zero-order valence-electron chi connectivity index (χ0n) is 9.86. The van der Waals surface area contributed by atoms with Gasteiger partial charge in [0.1, 0.15) is 0 Å². The molecule has 4 heteroatoms. The molecule has 0 aromatic carbocycles. The summed E-state index contributed by atoms with van der Waals surface area (Å²) in [6.45, 7) is 1.58. The number of nitrogens with one attached hydrogen (secondary N) is 1. The van der Waals surface area contributed by atoms with E-state index in [1.807, 2.05) is 14.2 Å². The van der Waals surface area contributed by atoms with Gasteiger partial charge in [0.2, 0.25) is 0 Å². The van der Waals surface area contributed by atoms with E-state index >= 15 is 0 Å². The molecule has 1 aromatic rings. The minimum Gasteiger partial charge on any atom is -0.381 e. The van der Waals surface area contributed by atoms with Crippen LogP contribution in [0.1, 0.15) is 24.4 Å². The highest BCUT2D eigenvalue weighted by atomic mass is 32.1. The van der Waals surface area contributed by atoms with Crippen LogP contribution in [-0.2, 0) is 9.47 Å². The Morgan fingerprint density at radius 2 is 2.25 bits per heavy atom. The number of methoxy groups -OCH3 is 1. The Hall–Kier alpha value is -0.420. The minimum absolute atomic E-state index is 0.117. The summed E-state index contributed by atoms with van der Waals surface area (Å²) in [5, 5.41) is 7.70. The molecule has 0 saturated carbocycles. The molecular formula is C12H19NO2S. The molecule has 1 aliphatic heterocycles. The van der Waals surface area contributed by atoms with Gasteiger partial charge in [-0.3, -0.25) is 0 Å². The number of hydrogen-bond acceptors (Lipinski definition) is 4. The Morgan fingerprint density at radius 3 is 2.75 bits per heavy atom. The molecule has 1 atom stereocenters. The molecular weight excluding hydrogens is 222 g/mol. The fourth-order valence-corrected chi connectivity index (χ4v) is 3.19. The van der Waals surface area contributed by atoms with E-state index in [1.165, 1.54) is 5.56 Å². The van der Waals surface area contributed by atoms with Crippen molar-refractivity contribution in [2.24, 2.45) is 0 Å². The molecule has 2 heterocycles. The van der Waals surface area contributed by atoms with E-state index in [9.17, 15) is 0 Å². The molecule has 2 rings (SSSR count). The van der Waals surface area contributed by atoms with Crippen molar-refractivity contribution < 1.29 is 9.47 Å². The number of thiophene rings is 1. The molecule has 1 aromatic heterocycles. The maximum Gasteiger partial charge on any atom is 0.0916 e. The smallest absolute Gasteiger partial charge is 0.0916 e. The predicted molar refractivity (Wildman–Crippen MR) is 65.9 cm³/mol. The van der Waals surface area contributed by atoms with Gasteiger partial charge in [0.15, 0.2) is 0 Å². The largest absolute Gasteiger partial charge is 0.381 e. The van der Waals surface area contributed by atoms with Gasteiger partial charge in [-0.25, -0.2) is 0 Å². The first-order valence-corrected chi connectivity index (χ1v) is 6.59. The molecule has 3 nitrogen and oxygen atoms in total. The van der Waals surface area contributed by atoms with Crippen LogP contribution in [0.3, 0.4) is 0 Å². The average Bonchev–Trinajstić information content (AvgIpc) is 2.85. The Kier molecular flexibility index (Phi) is 3.97. The molecule has 16 heavy (non-hydrogen) atoms. The lowest BCUT2D eigenvalue weighted by Gasteiger charge is -2.42. The second-order valence-electron chi connectivity index (χ2n) is 4.16. The van der Waals surface area contributed by atoms with E-state index in [0.29, 0.717) is 0 Å². The van der Waals surface area contributed by atoms with Crippen molar-refractivity contribution in [3.8, 4) is 0 Å². The maximum atomic E-state index is 5.82. The van der Waals surface area contributed by atoms with Crippen LogP contribution in [0.5, 0.6) is 0 Å². The van der Waals surface area contributed by atoms with Crippen molar-refractivity contribution in [3.05, 3.63) is 22.4 Å². The van der Waals surface area contributed by atoms with Gasteiger partial charge in [-0.15, -0.1) is 0 Å². The third-order valence-electron chi connectivity index (χ3n) is 3.44. The highest BCUT2D eigenvalue weighted by Gasteiger charge is 2.40. The van der Waals surface area contributed by atoms with Crippen molar-refractivity contribution in [1.29, 1.82) is 0 Å². The highest BCUT2D eigenvalue weighted by Crippen LogP contribution is 2.37. The third kappa shape index (κ3) is 2.15. The van der Waals surface area contributed by atoms with Gasteiger partial charge in [-0.1, -0.05) is 0 Å². The SMILES string of the molecule is CNC(c1ccsc1)C1(OC)CCOCC1. The molecule has 0 amide bonds. The summed E-state index contributed by atoms with van der Waals surface area (Å²) in [7, 11) is 3.81. The van der Waals surface area contributed by atoms with Crippen LogP contribution in [0.15, 0.2) is 16.8 Å². The van der Waals surface area contributed by atoms with Crippen LogP contribution in [0.2, 0.25) is 0 Å². The second-order valence-corrected chi connectivity index (χ2v) is 4.94. The van der Waals surface area contributed by atoms with Crippen molar-refractivity contribution in [1.82, 2.24) is 5.32 Å². The molecule has 1 saturated heterocycles. The molecule has 1 fully saturated rings. The zero-order chi connectivity index (χ0) is 11.4. The van der Waals surface area contributed by atoms with Crippen molar-refractivity contribution in [3.63, 3.8) is 0 Å². The van der Waals surface area contributed by atoms with Crippen molar-refractivity contribution in [2.75, 3.05) is 27.4 Å². The number of ether oxygens (including phenoxy) is 2. The number of likely N-dealkylation sites (N-methyl/N-ethyl adjacent to an activating group) is 1. The van der Waals surface area contributed by atoms with Gasteiger partial charge in [-0.05, 0) is 29.4 Å². The summed E-state index contributed by atoms with van der Waals surface area (Å²) >= 11 is 1.73. The fourth-order valence-electron chi connectivity index (χ4n) is 2.50. The monoisotopic (exact) mass is 241 g/mol. The summed E-state index contributed by atoms with van der Waals surface area (Å²) in [4.78, 5) is 0. The quantitative estimate of drug-likeness (QED) is 0.876. The van der Waals surface area contributed by atoms with Crippen LogP contribution >= 0.6 is 11.3 Å². The fraction of sp³-hybridized carbons (Fsp3) is 0.667. The van der Waals surface area contributed by atoms with E-state index < -0.39 is 0 Å². The van der Waals surface area contributed by atoms with Gasteiger partial charge in [0, 0.05) is 33.2 Å². The lowest BCUT2D eigenvalue weighted by molar-refractivity contribution is -0.110. The molecule has 0 aliphatic carbocycles. The van der Waals surface area contributed by atoms with E-state index in [-0.39, 0.29) is 11.6 Å².